The molecule has 2 aliphatic rings. The molecule has 0 aliphatic carbocycles. The maximum Gasteiger partial charge on any atom is 0.268 e. The maximum absolute atomic E-state index is 13.7. The molecular weight excluding hydrogens is 494 g/mol. The van der Waals surface area contributed by atoms with Gasteiger partial charge in [-0.2, -0.15) is 4.98 Å². The molecule has 2 saturated heterocycles. The average Bonchev–Trinajstić information content (AvgIpc) is 3.56. The van der Waals surface area contributed by atoms with Crippen LogP contribution in [0.1, 0.15) is 36.7 Å². The lowest BCUT2D eigenvalue weighted by atomic mass is 10.1. The number of pyridine rings is 1. The van der Waals surface area contributed by atoms with Gasteiger partial charge in [0.25, 0.3) is 5.56 Å². The second kappa shape index (κ2) is 10.9. The number of hydrogen-bond acceptors (Lipinski definition) is 8. The molecule has 2 fully saturated rings. The fraction of sp³-hybridized carbons (Fsp3) is 0.379. The number of imidazole rings is 1. The Balaban J connectivity index is 1.30. The molecule has 39 heavy (non-hydrogen) atoms. The number of ether oxygens (including phenoxy) is 2. The molecule has 3 aromatic heterocycles. The van der Waals surface area contributed by atoms with Gasteiger partial charge in [0.2, 0.25) is 5.95 Å². The number of aromatic nitrogens is 5. The highest BCUT2D eigenvalue weighted by Crippen LogP contribution is 2.26. The van der Waals surface area contributed by atoms with Crippen LogP contribution < -0.4 is 15.6 Å². The normalized spacial score (nSPS) is 18.2. The minimum Gasteiger partial charge on any atom is -0.489 e. The summed E-state index contributed by atoms with van der Waals surface area (Å²) in [6.45, 7) is 3.20. The Hall–Kier alpha value is -4.20. The first-order valence-corrected chi connectivity index (χ1v) is 13.2. The summed E-state index contributed by atoms with van der Waals surface area (Å²) < 4.78 is 15.2. The van der Waals surface area contributed by atoms with Gasteiger partial charge in [-0.15, -0.1) is 0 Å². The van der Waals surface area contributed by atoms with Gasteiger partial charge in [-0.25, -0.2) is 9.97 Å². The molecule has 5 heterocycles. The molecule has 1 N–H and O–H groups in total. The molecule has 10 nitrogen and oxygen atoms in total. The zero-order valence-corrected chi connectivity index (χ0v) is 22.1. The van der Waals surface area contributed by atoms with Crippen molar-refractivity contribution in [3.63, 3.8) is 0 Å². The van der Waals surface area contributed by atoms with Gasteiger partial charge >= 0.3 is 0 Å². The van der Waals surface area contributed by atoms with Gasteiger partial charge in [-0.05, 0) is 62.6 Å². The lowest BCUT2D eigenvalue weighted by Crippen LogP contribution is -2.31. The van der Waals surface area contributed by atoms with E-state index in [0.29, 0.717) is 36.2 Å². The number of anilines is 2. The number of fused-ring (bicyclic) bond motifs is 1. The molecule has 1 atom stereocenters. The molecule has 0 amide bonds. The molecule has 1 unspecified atom stereocenters. The fourth-order valence-electron chi connectivity index (χ4n) is 5.09. The number of benzene rings is 1. The standard InChI is InChI=1S/C29H31N7O3/c1-34-13-9-25(19-34)39-24-6-4-22(5-7-24)32-29-31-18-21-17-20(3-8-26-30-12-14-35(26)2)28(37)36(27(21)33-29)23-10-15-38-16-11-23/h4-7,12,14,17-18,23,25H,9-11,13,15-16,19H2,1-2H3,(H,31,32,33). The van der Waals surface area contributed by atoms with Crippen molar-refractivity contribution in [2.45, 2.75) is 31.4 Å². The van der Waals surface area contributed by atoms with Crippen LogP contribution in [0.15, 0.2) is 53.7 Å². The van der Waals surface area contributed by atoms with Crippen LogP contribution in [0, 0.1) is 11.8 Å². The minimum atomic E-state index is -0.167. The summed E-state index contributed by atoms with van der Waals surface area (Å²) in [6.07, 6.45) is 7.96. The van der Waals surface area contributed by atoms with Crippen LogP contribution in [0.3, 0.4) is 0 Å². The first-order chi connectivity index (χ1) is 19.0. The van der Waals surface area contributed by atoms with Gasteiger partial charge in [0.05, 0.1) is 5.56 Å². The van der Waals surface area contributed by atoms with Crippen molar-refractivity contribution in [2.24, 2.45) is 7.05 Å². The molecule has 6 rings (SSSR count). The average molecular weight is 526 g/mol. The summed E-state index contributed by atoms with van der Waals surface area (Å²) in [5.74, 6) is 7.90. The third-order valence-corrected chi connectivity index (χ3v) is 7.22. The monoisotopic (exact) mass is 525 g/mol. The van der Waals surface area contributed by atoms with Crippen molar-refractivity contribution in [2.75, 3.05) is 38.7 Å². The van der Waals surface area contributed by atoms with Gasteiger partial charge in [-0.3, -0.25) is 9.36 Å². The molecular formula is C29H31N7O3. The molecule has 0 bridgehead atoms. The SMILES string of the molecule is CN1CCC(Oc2ccc(Nc3ncc4cc(C#Cc5nccn5C)c(=O)n(C5CCOCC5)c4n3)cc2)C1. The lowest BCUT2D eigenvalue weighted by molar-refractivity contribution is 0.0697. The second-order valence-corrected chi connectivity index (χ2v) is 10.1. The Bertz CT molecular complexity index is 1590. The van der Waals surface area contributed by atoms with E-state index in [1.807, 2.05) is 42.1 Å². The number of nitrogens with one attached hydrogen (secondary N) is 1. The number of likely N-dealkylation sites (tertiary alicyclic amines) is 1. The smallest absolute Gasteiger partial charge is 0.268 e. The summed E-state index contributed by atoms with van der Waals surface area (Å²) in [7, 11) is 3.98. The Morgan fingerprint density at radius 2 is 1.90 bits per heavy atom. The van der Waals surface area contributed by atoms with Crippen LogP contribution in [0.25, 0.3) is 11.0 Å². The first-order valence-electron chi connectivity index (χ1n) is 13.2. The Morgan fingerprint density at radius 1 is 1.08 bits per heavy atom. The third-order valence-electron chi connectivity index (χ3n) is 7.22. The molecule has 10 heteroatoms. The molecule has 2 aliphatic heterocycles. The number of aryl methyl sites for hydroxylation is 1. The molecule has 200 valence electrons. The summed E-state index contributed by atoms with van der Waals surface area (Å²) in [5, 5.41) is 4.02. The summed E-state index contributed by atoms with van der Waals surface area (Å²) in [6, 6.07) is 9.53. The summed E-state index contributed by atoms with van der Waals surface area (Å²) in [5.41, 5.74) is 1.64. The largest absolute Gasteiger partial charge is 0.489 e. The highest BCUT2D eigenvalue weighted by Gasteiger charge is 2.22. The number of nitrogens with zero attached hydrogens (tertiary/aromatic N) is 6. The van der Waals surface area contributed by atoms with Gasteiger partial charge in [0.15, 0.2) is 5.82 Å². The Morgan fingerprint density at radius 3 is 2.62 bits per heavy atom. The highest BCUT2D eigenvalue weighted by molar-refractivity contribution is 5.77. The predicted octanol–water partition coefficient (Wildman–Crippen LogP) is 3.10. The van der Waals surface area contributed by atoms with Crippen molar-refractivity contribution in [1.29, 1.82) is 0 Å². The van der Waals surface area contributed by atoms with E-state index in [9.17, 15) is 4.79 Å². The van der Waals surface area contributed by atoms with E-state index < -0.39 is 0 Å². The van der Waals surface area contributed by atoms with E-state index >= 15 is 0 Å². The van der Waals surface area contributed by atoms with Crippen LogP contribution in [0.5, 0.6) is 5.75 Å². The van der Waals surface area contributed by atoms with E-state index in [0.717, 1.165) is 49.2 Å². The first kappa shape index (κ1) is 25.1. The molecule has 1 aromatic carbocycles. The van der Waals surface area contributed by atoms with Crippen molar-refractivity contribution in [1.82, 2.24) is 29.0 Å². The Labute approximate surface area is 226 Å². The topological polar surface area (TPSA) is 99.3 Å². The van der Waals surface area contributed by atoms with Crippen LogP contribution in [-0.4, -0.2) is 68.4 Å². The zero-order chi connectivity index (χ0) is 26.8. The molecule has 0 spiro atoms. The van der Waals surface area contributed by atoms with Gasteiger partial charge < -0.3 is 24.3 Å². The molecule has 4 aromatic rings. The van der Waals surface area contributed by atoms with E-state index in [1.165, 1.54) is 0 Å². The van der Waals surface area contributed by atoms with Gasteiger partial charge in [0.1, 0.15) is 17.5 Å². The zero-order valence-electron chi connectivity index (χ0n) is 22.1. The van der Waals surface area contributed by atoms with E-state index in [-0.39, 0.29) is 17.7 Å². The van der Waals surface area contributed by atoms with Crippen molar-refractivity contribution < 1.29 is 9.47 Å². The van der Waals surface area contributed by atoms with E-state index in [1.54, 1.807) is 23.0 Å². The van der Waals surface area contributed by atoms with E-state index in [4.69, 9.17) is 14.5 Å². The summed E-state index contributed by atoms with van der Waals surface area (Å²) >= 11 is 0. The number of hydrogen-bond donors (Lipinski definition) is 1. The van der Waals surface area contributed by atoms with Crippen molar-refractivity contribution in [3.8, 4) is 17.6 Å². The molecule has 0 saturated carbocycles. The third kappa shape index (κ3) is 5.50. The van der Waals surface area contributed by atoms with Crippen LogP contribution in [-0.2, 0) is 11.8 Å². The Kier molecular flexibility index (Phi) is 7.00. The maximum atomic E-state index is 13.7. The van der Waals surface area contributed by atoms with Crippen LogP contribution >= 0.6 is 0 Å². The van der Waals surface area contributed by atoms with Gasteiger partial charge in [-0.1, -0.05) is 5.92 Å². The quantitative estimate of drug-likeness (QED) is 0.397. The highest BCUT2D eigenvalue weighted by atomic mass is 16.5. The summed E-state index contributed by atoms with van der Waals surface area (Å²) in [4.78, 5) is 29.5. The lowest BCUT2D eigenvalue weighted by Gasteiger charge is -2.25. The fourth-order valence-corrected chi connectivity index (χ4v) is 5.09. The molecule has 0 radical (unpaired) electrons. The number of rotatable bonds is 5. The minimum absolute atomic E-state index is 0.0301. The number of likely N-dealkylation sites (N-methyl/N-ethyl adjacent to an activating group) is 1. The van der Waals surface area contributed by atoms with Crippen LogP contribution in [0.4, 0.5) is 11.6 Å². The van der Waals surface area contributed by atoms with Crippen molar-refractivity contribution >= 4 is 22.7 Å². The predicted molar refractivity (Wildman–Crippen MR) is 148 cm³/mol. The van der Waals surface area contributed by atoms with Gasteiger partial charge in [0, 0.05) is 69.1 Å². The van der Waals surface area contributed by atoms with Crippen molar-refractivity contribution in [3.05, 3.63) is 70.7 Å². The van der Waals surface area contributed by atoms with E-state index in [2.05, 4.69) is 39.1 Å². The second-order valence-electron chi connectivity index (χ2n) is 10.1. The van der Waals surface area contributed by atoms with Crippen LogP contribution in [0.2, 0.25) is 0 Å².